The number of hydrogen-bond acceptors (Lipinski definition) is 6. The zero-order chi connectivity index (χ0) is 13.9. The van der Waals surface area contributed by atoms with Gasteiger partial charge in [-0.3, -0.25) is 0 Å². The largest absolute Gasteiger partial charge is 0.462 e. The molecule has 1 aromatic rings. The van der Waals surface area contributed by atoms with E-state index in [-0.39, 0.29) is 37.9 Å². The molecule has 0 bridgehead atoms. The first-order valence-corrected chi connectivity index (χ1v) is 5.25. The fraction of sp³-hybridized carbons (Fsp3) is 0.308. The van der Waals surface area contributed by atoms with Crippen molar-refractivity contribution in [3.05, 3.63) is 0 Å². The third-order valence-electron chi connectivity index (χ3n) is 1.62. The van der Waals surface area contributed by atoms with Gasteiger partial charge in [0.05, 0.1) is 0 Å². The van der Waals surface area contributed by atoms with Gasteiger partial charge in [-0.15, -0.1) is 40.1 Å². The molecule has 6 nitrogen and oxygen atoms in total. The molecule has 0 N–H and O–H groups in total. The summed E-state index contributed by atoms with van der Waals surface area (Å²) in [6.07, 6.45) is 15.7. The second-order valence-corrected chi connectivity index (χ2v) is 2.97. The van der Waals surface area contributed by atoms with Crippen molar-refractivity contribution in [2.24, 2.45) is 0 Å². The minimum atomic E-state index is -0.00400. The average Bonchev–Trinajstić information content (AvgIpc) is 2.43. The van der Waals surface area contributed by atoms with Crippen LogP contribution in [0.1, 0.15) is 6.42 Å². The SMILES string of the molecule is C#CCCOc1nc(OCC#C)nc(OCC#C)n1. The van der Waals surface area contributed by atoms with Crippen LogP contribution in [0.3, 0.4) is 0 Å². The Balaban J connectivity index is 2.80. The molecule has 0 aliphatic carbocycles. The number of rotatable bonds is 7. The first-order valence-electron chi connectivity index (χ1n) is 5.25. The van der Waals surface area contributed by atoms with Gasteiger partial charge in [0.15, 0.2) is 13.2 Å². The van der Waals surface area contributed by atoms with Crippen LogP contribution < -0.4 is 14.2 Å². The highest BCUT2D eigenvalue weighted by Crippen LogP contribution is 2.14. The van der Waals surface area contributed by atoms with Gasteiger partial charge in [0.25, 0.3) is 0 Å². The third kappa shape index (κ3) is 5.30. The highest BCUT2D eigenvalue weighted by molar-refractivity contribution is 5.10. The molecule has 0 radical (unpaired) electrons. The van der Waals surface area contributed by atoms with Gasteiger partial charge in [-0.2, -0.15) is 0 Å². The lowest BCUT2D eigenvalue weighted by Gasteiger charge is -2.06. The van der Waals surface area contributed by atoms with Gasteiger partial charge < -0.3 is 14.2 Å². The van der Waals surface area contributed by atoms with E-state index in [1.54, 1.807) is 0 Å². The summed E-state index contributed by atoms with van der Waals surface area (Å²) in [6, 6.07) is 0.0238. The zero-order valence-electron chi connectivity index (χ0n) is 10.1. The van der Waals surface area contributed by atoms with Gasteiger partial charge in [-0.05, 0) is 0 Å². The molecule has 0 aromatic carbocycles. The first-order chi connectivity index (χ1) is 9.30. The Morgan fingerprint density at radius 3 is 1.63 bits per heavy atom. The van der Waals surface area contributed by atoms with Crippen molar-refractivity contribution < 1.29 is 14.2 Å². The van der Waals surface area contributed by atoms with E-state index in [1.165, 1.54) is 0 Å². The predicted molar refractivity (Wildman–Crippen MR) is 67.4 cm³/mol. The molecule has 1 rings (SSSR count). The quantitative estimate of drug-likeness (QED) is 0.517. The Bertz CT molecular complexity index is 501. The van der Waals surface area contributed by atoms with E-state index < -0.39 is 0 Å². The van der Waals surface area contributed by atoms with Crippen LogP contribution in [-0.4, -0.2) is 34.8 Å². The van der Waals surface area contributed by atoms with Crippen molar-refractivity contribution in [2.45, 2.75) is 6.42 Å². The summed E-state index contributed by atoms with van der Waals surface area (Å²) in [5, 5.41) is 0. The maximum Gasteiger partial charge on any atom is 0.326 e. The van der Waals surface area contributed by atoms with Gasteiger partial charge >= 0.3 is 18.0 Å². The molecule has 0 fully saturated rings. The van der Waals surface area contributed by atoms with E-state index in [2.05, 4.69) is 32.7 Å². The summed E-state index contributed by atoms with van der Waals surface area (Å²) in [4.78, 5) is 11.6. The molecule has 0 spiro atoms. The van der Waals surface area contributed by atoms with Gasteiger partial charge in [0.2, 0.25) is 0 Å². The highest BCUT2D eigenvalue weighted by Gasteiger charge is 2.09. The highest BCUT2D eigenvalue weighted by atomic mass is 16.5. The fourth-order valence-electron chi connectivity index (χ4n) is 0.928. The minimum absolute atomic E-state index is 0.00400. The Labute approximate surface area is 111 Å². The fourth-order valence-corrected chi connectivity index (χ4v) is 0.928. The van der Waals surface area contributed by atoms with Crippen LogP contribution in [0.25, 0.3) is 0 Å². The standard InChI is InChI=1S/C13H11N3O3/c1-4-7-10-19-13-15-11(17-8-5-2)14-12(16-13)18-9-6-3/h1-3H,7-10H2. The van der Waals surface area contributed by atoms with Crippen LogP contribution in [0.2, 0.25) is 0 Å². The second-order valence-electron chi connectivity index (χ2n) is 2.97. The molecule has 1 heterocycles. The normalized spacial score (nSPS) is 8.68. The Morgan fingerprint density at radius 2 is 1.21 bits per heavy atom. The van der Waals surface area contributed by atoms with Gasteiger partial charge in [0, 0.05) is 6.42 Å². The van der Waals surface area contributed by atoms with Crippen LogP contribution in [0.4, 0.5) is 0 Å². The van der Waals surface area contributed by atoms with Crippen LogP contribution in [-0.2, 0) is 0 Å². The van der Waals surface area contributed by atoms with Crippen molar-refractivity contribution in [2.75, 3.05) is 19.8 Å². The van der Waals surface area contributed by atoms with Crippen molar-refractivity contribution in [3.63, 3.8) is 0 Å². The van der Waals surface area contributed by atoms with Crippen molar-refractivity contribution in [1.82, 2.24) is 15.0 Å². The first kappa shape index (κ1) is 14.2. The van der Waals surface area contributed by atoms with E-state index in [9.17, 15) is 0 Å². The van der Waals surface area contributed by atoms with E-state index in [4.69, 9.17) is 33.5 Å². The summed E-state index contributed by atoms with van der Waals surface area (Å²) >= 11 is 0. The van der Waals surface area contributed by atoms with E-state index in [0.29, 0.717) is 6.42 Å². The van der Waals surface area contributed by atoms with Crippen molar-refractivity contribution in [3.8, 4) is 55.1 Å². The van der Waals surface area contributed by atoms with E-state index >= 15 is 0 Å². The molecular weight excluding hydrogens is 246 g/mol. The maximum absolute atomic E-state index is 5.22. The van der Waals surface area contributed by atoms with Crippen LogP contribution in [0, 0.1) is 37.0 Å². The molecule has 0 aliphatic heterocycles. The van der Waals surface area contributed by atoms with Crippen LogP contribution >= 0.6 is 0 Å². The summed E-state index contributed by atoms with van der Waals surface area (Å²) < 4.78 is 15.4. The lowest BCUT2D eigenvalue weighted by atomic mass is 10.5. The molecule has 0 aliphatic rings. The molecule has 6 heteroatoms. The predicted octanol–water partition coefficient (Wildman–Crippen LogP) is 0.298. The van der Waals surface area contributed by atoms with Crippen molar-refractivity contribution >= 4 is 0 Å². The molecule has 0 atom stereocenters. The summed E-state index contributed by atoms with van der Waals surface area (Å²) in [6.45, 7) is 0.300. The van der Waals surface area contributed by atoms with Gasteiger partial charge in [-0.1, -0.05) is 11.8 Å². The summed E-state index contributed by atoms with van der Waals surface area (Å²) in [7, 11) is 0. The molecule has 19 heavy (non-hydrogen) atoms. The lowest BCUT2D eigenvalue weighted by molar-refractivity contribution is 0.260. The smallest absolute Gasteiger partial charge is 0.326 e. The molecule has 96 valence electrons. The van der Waals surface area contributed by atoms with E-state index in [1.807, 2.05) is 0 Å². The number of nitrogens with zero attached hydrogens (tertiary/aromatic N) is 3. The average molecular weight is 257 g/mol. The number of ether oxygens (including phenoxy) is 3. The van der Waals surface area contributed by atoms with Crippen LogP contribution in [0.5, 0.6) is 18.0 Å². The molecule has 0 amide bonds. The number of aromatic nitrogens is 3. The number of terminal acetylenes is 3. The summed E-state index contributed by atoms with van der Waals surface area (Å²) in [5.41, 5.74) is 0. The molecular formula is C13H11N3O3. The lowest BCUT2D eigenvalue weighted by Crippen LogP contribution is -2.08. The third-order valence-corrected chi connectivity index (χ3v) is 1.62. The molecule has 1 aromatic heterocycles. The monoisotopic (exact) mass is 257 g/mol. The Kier molecular flexibility index (Phi) is 6.12. The molecule has 0 unspecified atom stereocenters. The van der Waals surface area contributed by atoms with Crippen molar-refractivity contribution in [1.29, 1.82) is 0 Å². The Hall–Kier alpha value is -2.91. The van der Waals surface area contributed by atoms with Gasteiger partial charge in [0.1, 0.15) is 6.61 Å². The molecule has 0 saturated carbocycles. The minimum Gasteiger partial charge on any atom is -0.462 e. The zero-order valence-corrected chi connectivity index (χ0v) is 10.1. The van der Waals surface area contributed by atoms with Crippen LogP contribution in [0.15, 0.2) is 0 Å². The maximum atomic E-state index is 5.22. The molecule has 0 saturated heterocycles. The summed E-state index contributed by atoms with van der Waals surface area (Å²) in [5.74, 6) is 7.00. The number of hydrogen-bond donors (Lipinski definition) is 0. The Morgan fingerprint density at radius 1 is 0.737 bits per heavy atom. The van der Waals surface area contributed by atoms with E-state index in [0.717, 1.165) is 0 Å². The second kappa shape index (κ2) is 8.22. The topological polar surface area (TPSA) is 66.4 Å². The van der Waals surface area contributed by atoms with Gasteiger partial charge in [-0.25, -0.2) is 0 Å².